The third-order valence-corrected chi connectivity index (χ3v) is 22.3. The standard InChI is InChI=1S/C86H168O17P2/c1-9-79(8)65-57-49-41-33-27-29-37-45-53-61-69-86(91)103-82(73-97-84(89)67-59-51-43-35-28-26-32-40-48-56-64-78(6)7)75-101-105(94,95)99-71-80(87)70-98-104(92,93)100-74-81(72-96-83(88)66-58-50-42-34-24-20-17-16-19-23-31-39-47-55-63-77(4)5)102-85(90)68-60-52-44-36-25-21-15-13-11-10-12-14-18-22-30-38-46-54-62-76(2)3/h76-82,87H,9-75H2,1-8H3,(H,92,93)(H,94,95)/t79?,80-,81-,82-/m1/s1. The molecule has 0 amide bonds. The van der Waals surface area contributed by atoms with Crippen LogP contribution >= 0.6 is 15.6 Å². The molecule has 0 fully saturated rings. The fraction of sp³-hybridized carbons (Fsp3) is 0.953. The van der Waals surface area contributed by atoms with Crippen molar-refractivity contribution >= 4 is 39.5 Å². The molecule has 105 heavy (non-hydrogen) atoms. The highest BCUT2D eigenvalue weighted by Gasteiger charge is 2.31. The lowest BCUT2D eigenvalue weighted by Crippen LogP contribution is -2.30. The molecule has 624 valence electrons. The fourth-order valence-electron chi connectivity index (χ4n) is 13.3. The fourth-order valence-corrected chi connectivity index (χ4v) is 14.9. The normalized spacial score (nSPS) is 14.2. The number of carbonyl (C=O) groups is 4. The molecule has 6 atom stereocenters. The molecule has 0 bridgehead atoms. The summed E-state index contributed by atoms with van der Waals surface area (Å²) in [5.41, 5.74) is 0. The second-order valence-corrected chi connectivity index (χ2v) is 35.5. The van der Waals surface area contributed by atoms with Gasteiger partial charge in [0.25, 0.3) is 0 Å². The number of esters is 4. The summed E-state index contributed by atoms with van der Waals surface area (Å²) in [7, 11) is -9.93. The molecule has 0 aliphatic carbocycles. The van der Waals surface area contributed by atoms with Gasteiger partial charge in [-0.25, -0.2) is 9.13 Å². The zero-order valence-electron chi connectivity index (χ0n) is 69.4. The first-order chi connectivity index (χ1) is 50.6. The summed E-state index contributed by atoms with van der Waals surface area (Å²) in [4.78, 5) is 73.3. The summed E-state index contributed by atoms with van der Waals surface area (Å²) >= 11 is 0. The smallest absolute Gasteiger partial charge is 0.462 e. The van der Waals surface area contributed by atoms with Crippen molar-refractivity contribution in [3.8, 4) is 0 Å². The topological polar surface area (TPSA) is 237 Å². The van der Waals surface area contributed by atoms with E-state index in [0.29, 0.717) is 25.7 Å². The van der Waals surface area contributed by atoms with Crippen LogP contribution in [0.3, 0.4) is 0 Å². The molecule has 19 heteroatoms. The number of ether oxygens (including phenoxy) is 4. The van der Waals surface area contributed by atoms with Crippen molar-refractivity contribution in [2.45, 2.75) is 465 Å². The number of phosphoric ester groups is 2. The molecule has 0 radical (unpaired) electrons. The molecule has 0 heterocycles. The van der Waals surface area contributed by atoms with E-state index in [9.17, 15) is 43.2 Å². The monoisotopic (exact) mass is 1540 g/mol. The minimum atomic E-state index is -4.97. The van der Waals surface area contributed by atoms with Gasteiger partial charge < -0.3 is 33.8 Å². The van der Waals surface area contributed by atoms with Crippen LogP contribution in [0.5, 0.6) is 0 Å². The van der Waals surface area contributed by atoms with Crippen LogP contribution < -0.4 is 0 Å². The molecule has 0 aliphatic heterocycles. The van der Waals surface area contributed by atoms with Gasteiger partial charge in [-0.15, -0.1) is 0 Å². The van der Waals surface area contributed by atoms with E-state index in [2.05, 4.69) is 55.4 Å². The Hall–Kier alpha value is -1.94. The van der Waals surface area contributed by atoms with Crippen LogP contribution in [0, 0.1) is 23.7 Å². The van der Waals surface area contributed by atoms with Crippen molar-refractivity contribution in [2.75, 3.05) is 39.6 Å². The molecule has 0 aromatic rings. The van der Waals surface area contributed by atoms with Crippen LogP contribution in [0.25, 0.3) is 0 Å². The molecule has 0 saturated heterocycles. The molecular weight excluding hydrogens is 1370 g/mol. The molecular formula is C86H168O17P2. The Balaban J connectivity index is 5.26. The zero-order chi connectivity index (χ0) is 77.4. The van der Waals surface area contributed by atoms with Crippen molar-refractivity contribution in [1.29, 1.82) is 0 Å². The van der Waals surface area contributed by atoms with Crippen LogP contribution in [0.2, 0.25) is 0 Å². The van der Waals surface area contributed by atoms with Crippen LogP contribution in [0.15, 0.2) is 0 Å². The van der Waals surface area contributed by atoms with E-state index in [4.69, 9.17) is 37.0 Å². The highest BCUT2D eigenvalue weighted by atomic mass is 31.2. The highest BCUT2D eigenvalue weighted by Crippen LogP contribution is 2.45. The number of rotatable bonds is 83. The number of aliphatic hydroxyl groups is 1. The molecule has 0 aliphatic rings. The van der Waals surface area contributed by atoms with Crippen LogP contribution in [-0.4, -0.2) is 96.7 Å². The molecule has 17 nitrogen and oxygen atoms in total. The SMILES string of the molecule is CCC(C)CCCCCCCCCCCCC(=O)O[C@H](COC(=O)CCCCCCCCCCCCC(C)C)COP(=O)(O)OC[C@H](O)COP(=O)(O)OC[C@@H](COC(=O)CCCCCCCCCCCCCCCCC(C)C)OC(=O)CCCCCCCCCCCCCCCCCCCCC(C)C. The first-order valence-electron chi connectivity index (χ1n) is 44.2. The van der Waals surface area contributed by atoms with Gasteiger partial charge in [0.1, 0.15) is 19.3 Å². The predicted octanol–water partition coefficient (Wildman–Crippen LogP) is 25.9. The Morgan fingerprint density at radius 1 is 0.267 bits per heavy atom. The first-order valence-corrected chi connectivity index (χ1v) is 47.2. The summed E-state index contributed by atoms with van der Waals surface area (Å²) in [5.74, 6) is 1.07. The summed E-state index contributed by atoms with van der Waals surface area (Å²) < 4.78 is 68.9. The quantitative estimate of drug-likeness (QED) is 0.0222. The third-order valence-electron chi connectivity index (χ3n) is 20.4. The van der Waals surface area contributed by atoms with Crippen LogP contribution in [-0.2, 0) is 65.4 Å². The van der Waals surface area contributed by atoms with Crippen molar-refractivity contribution in [1.82, 2.24) is 0 Å². The van der Waals surface area contributed by atoms with Gasteiger partial charge in [-0.3, -0.25) is 37.3 Å². The Labute approximate surface area is 645 Å². The van der Waals surface area contributed by atoms with Gasteiger partial charge in [-0.2, -0.15) is 0 Å². The Morgan fingerprint density at radius 3 is 0.676 bits per heavy atom. The summed E-state index contributed by atoms with van der Waals surface area (Å²) in [6, 6.07) is 0. The maximum atomic E-state index is 13.2. The predicted molar refractivity (Wildman–Crippen MR) is 432 cm³/mol. The van der Waals surface area contributed by atoms with E-state index in [1.807, 2.05) is 0 Å². The highest BCUT2D eigenvalue weighted by molar-refractivity contribution is 7.47. The van der Waals surface area contributed by atoms with Crippen molar-refractivity contribution in [3.63, 3.8) is 0 Å². The maximum absolute atomic E-state index is 13.2. The zero-order valence-corrected chi connectivity index (χ0v) is 71.2. The number of hydrogen-bond donors (Lipinski definition) is 3. The van der Waals surface area contributed by atoms with E-state index in [0.717, 1.165) is 114 Å². The van der Waals surface area contributed by atoms with Gasteiger partial charge in [0.15, 0.2) is 12.2 Å². The number of unbranched alkanes of at least 4 members (excludes halogenated alkanes) is 48. The van der Waals surface area contributed by atoms with Crippen molar-refractivity contribution < 1.29 is 80.2 Å². The van der Waals surface area contributed by atoms with E-state index in [-0.39, 0.29) is 25.7 Å². The number of carbonyl (C=O) groups excluding carboxylic acids is 4. The van der Waals surface area contributed by atoms with Crippen LogP contribution in [0.1, 0.15) is 447 Å². The number of aliphatic hydroxyl groups excluding tert-OH is 1. The Kier molecular flexibility index (Phi) is 73.4. The molecule has 0 aromatic carbocycles. The first kappa shape index (κ1) is 103. The van der Waals surface area contributed by atoms with Gasteiger partial charge >= 0.3 is 39.5 Å². The Bertz CT molecular complexity index is 2040. The third kappa shape index (κ3) is 78.5. The summed E-state index contributed by atoms with van der Waals surface area (Å²) in [5, 5.41) is 10.7. The van der Waals surface area contributed by atoms with Gasteiger partial charge in [0, 0.05) is 25.7 Å². The minimum absolute atomic E-state index is 0.106. The van der Waals surface area contributed by atoms with Gasteiger partial charge in [-0.1, -0.05) is 396 Å². The van der Waals surface area contributed by atoms with Gasteiger partial charge in [0.2, 0.25) is 0 Å². The van der Waals surface area contributed by atoms with E-state index in [1.165, 1.54) is 250 Å². The Morgan fingerprint density at radius 2 is 0.457 bits per heavy atom. The molecule has 3 unspecified atom stereocenters. The largest absolute Gasteiger partial charge is 0.472 e. The second-order valence-electron chi connectivity index (χ2n) is 32.6. The molecule has 0 spiro atoms. The average Bonchev–Trinajstić information content (AvgIpc) is 0.930. The summed E-state index contributed by atoms with van der Waals surface area (Å²) in [6.07, 6.45) is 63.8. The number of hydrogen-bond acceptors (Lipinski definition) is 15. The maximum Gasteiger partial charge on any atom is 0.472 e. The average molecular weight is 1540 g/mol. The lowest BCUT2D eigenvalue weighted by atomic mass is 9.99. The van der Waals surface area contributed by atoms with Gasteiger partial charge in [0.05, 0.1) is 26.4 Å². The van der Waals surface area contributed by atoms with Crippen molar-refractivity contribution in [3.05, 3.63) is 0 Å². The lowest BCUT2D eigenvalue weighted by molar-refractivity contribution is -0.161. The second kappa shape index (κ2) is 74.8. The van der Waals surface area contributed by atoms with Gasteiger partial charge in [-0.05, 0) is 49.4 Å². The minimum Gasteiger partial charge on any atom is -0.462 e. The lowest BCUT2D eigenvalue weighted by Gasteiger charge is -2.21. The molecule has 0 aromatic heterocycles. The van der Waals surface area contributed by atoms with E-state index in [1.54, 1.807) is 0 Å². The van der Waals surface area contributed by atoms with Crippen molar-refractivity contribution in [2.24, 2.45) is 23.7 Å². The molecule has 0 saturated carbocycles. The van der Waals surface area contributed by atoms with E-state index >= 15 is 0 Å². The van der Waals surface area contributed by atoms with Crippen LogP contribution in [0.4, 0.5) is 0 Å². The number of phosphoric acid groups is 2. The molecule has 0 rings (SSSR count). The summed E-state index contributed by atoms with van der Waals surface area (Å²) in [6.45, 7) is 14.4. The van der Waals surface area contributed by atoms with E-state index < -0.39 is 97.5 Å². The molecule has 3 N–H and O–H groups in total.